The number of hydrogen-bond donors (Lipinski definition) is 3. The number of H-pyrrole nitrogens is 1. The molecule has 6 nitrogen and oxygen atoms in total. The van der Waals surface area contributed by atoms with Crippen LogP contribution in [0.25, 0.3) is 11.4 Å². The third-order valence-electron chi connectivity index (χ3n) is 3.61. The van der Waals surface area contributed by atoms with Crippen LogP contribution in [0.3, 0.4) is 0 Å². The first-order valence-corrected chi connectivity index (χ1v) is 7.26. The van der Waals surface area contributed by atoms with Crippen molar-refractivity contribution in [2.24, 2.45) is 0 Å². The number of carbonyl (C=O) groups excluding carboxylic acids is 1. The van der Waals surface area contributed by atoms with E-state index >= 15 is 0 Å². The molecule has 110 valence electrons. The van der Waals surface area contributed by atoms with Gasteiger partial charge in [0, 0.05) is 18.2 Å². The second kappa shape index (κ2) is 6.05. The number of nitrogens with one attached hydrogen (secondary N) is 3. The predicted octanol–water partition coefficient (Wildman–Crippen LogP) is 2.24. The molecule has 0 aliphatic carbocycles. The van der Waals surface area contributed by atoms with Crippen LogP contribution >= 0.6 is 0 Å². The Morgan fingerprint density at radius 3 is 2.76 bits per heavy atom. The van der Waals surface area contributed by atoms with E-state index in [4.69, 9.17) is 0 Å². The van der Waals surface area contributed by atoms with E-state index in [0.29, 0.717) is 5.82 Å². The molecule has 6 heteroatoms. The summed E-state index contributed by atoms with van der Waals surface area (Å²) in [6.07, 6.45) is 3.54. The first kappa shape index (κ1) is 13.8. The van der Waals surface area contributed by atoms with Crippen molar-refractivity contribution in [2.45, 2.75) is 32.2 Å². The van der Waals surface area contributed by atoms with Gasteiger partial charge in [-0.05, 0) is 43.7 Å². The van der Waals surface area contributed by atoms with Crippen LogP contribution in [0.15, 0.2) is 24.3 Å². The SMILES string of the molecule is CC(=O)Nc1ccc(-c2n[nH]c(C3CCCCN3)n2)cc1. The Labute approximate surface area is 123 Å². The lowest BCUT2D eigenvalue weighted by molar-refractivity contribution is -0.114. The molecule has 1 amide bonds. The van der Waals surface area contributed by atoms with Crippen molar-refractivity contribution in [1.29, 1.82) is 0 Å². The second-order valence-corrected chi connectivity index (χ2v) is 5.31. The van der Waals surface area contributed by atoms with Crippen LogP contribution < -0.4 is 10.6 Å². The lowest BCUT2D eigenvalue weighted by Crippen LogP contribution is -2.27. The van der Waals surface area contributed by atoms with E-state index in [1.165, 1.54) is 19.8 Å². The van der Waals surface area contributed by atoms with Gasteiger partial charge in [-0.3, -0.25) is 9.89 Å². The molecule has 0 bridgehead atoms. The van der Waals surface area contributed by atoms with Crippen LogP contribution in [-0.4, -0.2) is 27.6 Å². The fourth-order valence-corrected chi connectivity index (χ4v) is 2.55. The van der Waals surface area contributed by atoms with Gasteiger partial charge in [0.2, 0.25) is 5.91 Å². The van der Waals surface area contributed by atoms with Crippen molar-refractivity contribution < 1.29 is 4.79 Å². The van der Waals surface area contributed by atoms with Gasteiger partial charge in [0.25, 0.3) is 0 Å². The highest BCUT2D eigenvalue weighted by molar-refractivity contribution is 5.88. The molecule has 3 N–H and O–H groups in total. The van der Waals surface area contributed by atoms with Crippen LogP contribution in [0.2, 0.25) is 0 Å². The standard InChI is InChI=1S/C15H19N5O/c1-10(21)17-12-7-5-11(6-8-12)14-18-15(20-19-14)13-4-2-3-9-16-13/h5-8,13,16H,2-4,9H2,1H3,(H,17,21)(H,18,19,20). The summed E-state index contributed by atoms with van der Waals surface area (Å²) in [5.74, 6) is 1.51. The maximum absolute atomic E-state index is 11.0. The molecule has 1 fully saturated rings. The van der Waals surface area contributed by atoms with Gasteiger partial charge in [0.05, 0.1) is 6.04 Å². The second-order valence-electron chi connectivity index (χ2n) is 5.31. The summed E-state index contributed by atoms with van der Waals surface area (Å²) in [7, 11) is 0. The molecule has 2 aromatic rings. The zero-order valence-corrected chi connectivity index (χ0v) is 12.0. The lowest BCUT2D eigenvalue weighted by Gasteiger charge is -2.20. The molecule has 0 saturated carbocycles. The summed E-state index contributed by atoms with van der Waals surface area (Å²) in [6, 6.07) is 7.80. The topological polar surface area (TPSA) is 82.7 Å². The van der Waals surface area contributed by atoms with Gasteiger partial charge < -0.3 is 10.6 Å². The zero-order valence-electron chi connectivity index (χ0n) is 12.0. The van der Waals surface area contributed by atoms with Crippen LogP contribution in [0, 0.1) is 0 Å². The number of rotatable bonds is 3. The molecular formula is C15H19N5O. The van der Waals surface area contributed by atoms with Gasteiger partial charge in [-0.2, -0.15) is 5.10 Å². The number of piperidine rings is 1. The molecule has 1 aliphatic rings. The first-order valence-electron chi connectivity index (χ1n) is 7.26. The Balaban J connectivity index is 1.74. The van der Waals surface area contributed by atoms with E-state index < -0.39 is 0 Å². The van der Waals surface area contributed by atoms with E-state index in [2.05, 4.69) is 25.8 Å². The summed E-state index contributed by atoms with van der Waals surface area (Å²) in [5.41, 5.74) is 1.71. The van der Waals surface area contributed by atoms with Crippen molar-refractivity contribution in [2.75, 3.05) is 11.9 Å². The minimum atomic E-state index is -0.0775. The van der Waals surface area contributed by atoms with Gasteiger partial charge in [-0.15, -0.1) is 0 Å². The zero-order chi connectivity index (χ0) is 14.7. The van der Waals surface area contributed by atoms with Crippen molar-refractivity contribution in [3.63, 3.8) is 0 Å². The number of anilines is 1. The van der Waals surface area contributed by atoms with Gasteiger partial charge in [-0.25, -0.2) is 4.98 Å². The monoisotopic (exact) mass is 285 g/mol. The number of amides is 1. The molecule has 1 aliphatic heterocycles. The number of nitrogens with zero attached hydrogens (tertiary/aromatic N) is 2. The molecule has 1 unspecified atom stereocenters. The molecule has 1 saturated heterocycles. The average Bonchev–Trinajstić information content (AvgIpc) is 2.98. The molecule has 0 radical (unpaired) electrons. The smallest absolute Gasteiger partial charge is 0.221 e. The van der Waals surface area contributed by atoms with Crippen LogP contribution in [0.4, 0.5) is 5.69 Å². The predicted molar refractivity (Wildman–Crippen MR) is 80.7 cm³/mol. The number of hydrogen-bond acceptors (Lipinski definition) is 4. The van der Waals surface area contributed by atoms with Gasteiger partial charge >= 0.3 is 0 Å². The molecule has 1 atom stereocenters. The van der Waals surface area contributed by atoms with Crippen molar-refractivity contribution >= 4 is 11.6 Å². The Morgan fingerprint density at radius 1 is 1.29 bits per heavy atom. The Morgan fingerprint density at radius 2 is 2.10 bits per heavy atom. The van der Waals surface area contributed by atoms with Crippen LogP contribution in [0.1, 0.15) is 38.1 Å². The number of benzene rings is 1. The molecule has 1 aromatic heterocycles. The minimum absolute atomic E-state index is 0.0775. The van der Waals surface area contributed by atoms with E-state index in [0.717, 1.165) is 30.0 Å². The van der Waals surface area contributed by atoms with Crippen LogP contribution in [0.5, 0.6) is 0 Å². The number of aromatic nitrogens is 3. The Bertz CT molecular complexity index is 613. The third kappa shape index (κ3) is 3.28. The first-order chi connectivity index (χ1) is 10.2. The highest BCUT2D eigenvalue weighted by Crippen LogP contribution is 2.23. The fourth-order valence-electron chi connectivity index (χ4n) is 2.55. The quantitative estimate of drug-likeness (QED) is 0.807. The highest BCUT2D eigenvalue weighted by Gasteiger charge is 2.18. The Hall–Kier alpha value is -2.21. The summed E-state index contributed by atoms with van der Waals surface area (Å²) < 4.78 is 0. The molecular weight excluding hydrogens is 266 g/mol. The summed E-state index contributed by atoms with van der Waals surface area (Å²) in [6.45, 7) is 2.53. The molecule has 21 heavy (non-hydrogen) atoms. The summed E-state index contributed by atoms with van der Waals surface area (Å²) in [4.78, 5) is 15.6. The molecule has 3 rings (SSSR count). The molecule has 0 spiro atoms. The lowest BCUT2D eigenvalue weighted by atomic mass is 10.0. The Kier molecular flexibility index (Phi) is 3.96. The van der Waals surface area contributed by atoms with Crippen LogP contribution in [-0.2, 0) is 4.79 Å². The van der Waals surface area contributed by atoms with Crippen molar-refractivity contribution in [1.82, 2.24) is 20.5 Å². The normalized spacial score (nSPS) is 18.4. The van der Waals surface area contributed by atoms with E-state index in [-0.39, 0.29) is 11.9 Å². The van der Waals surface area contributed by atoms with E-state index in [1.807, 2.05) is 24.3 Å². The molecule has 1 aromatic carbocycles. The van der Waals surface area contributed by atoms with Gasteiger partial charge in [-0.1, -0.05) is 6.42 Å². The molecule has 2 heterocycles. The van der Waals surface area contributed by atoms with Crippen molar-refractivity contribution in [3.8, 4) is 11.4 Å². The number of aromatic amines is 1. The summed E-state index contributed by atoms with van der Waals surface area (Å²) >= 11 is 0. The average molecular weight is 285 g/mol. The highest BCUT2D eigenvalue weighted by atomic mass is 16.1. The maximum atomic E-state index is 11.0. The minimum Gasteiger partial charge on any atom is -0.326 e. The third-order valence-corrected chi connectivity index (χ3v) is 3.61. The van der Waals surface area contributed by atoms with Gasteiger partial charge in [0.15, 0.2) is 5.82 Å². The summed E-state index contributed by atoms with van der Waals surface area (Å²) in [5, 5.41) is 13.5. The van der Waals surface area contributed by atoms with Crippen molar-refractivity contribution in [3.05, 3.63) is 30.1 Å². The largest absolute Gasteiger partial charge is 0.326 e. The van der Waals surface area contributed by atoms with E-state index in [1.54, 1.807) is 0 Å². The van der Waals surface area contributed by atoms with E-state index in [9.17, 15) is 4.79 Å². The number of carbonyl (C=O) groups is 1. The van der Waals surface area contributed by atoms with Gasteiger partial charge in [0.1, 0.15) is 5.82 Å². The maximum Gasteiger partial charge on any atom is 0.221 e. The fraction of sp³-hybridized carbons (Fsp3) is 0.400.